The Hall–Kier alpha value is -0.310. The number of terminal acetylenes is 1. The van der Waals surface area contributed by atoms with Crippen molar-refractivity contribution in [1.29, 1.82) is 0 Å². The highest BCUT2D eigenvalue weighted by Gasteiger charge is 2.25. The van der Waals surface area contributed by atoms with Crippen LogP contribution in [0.5, 0.6) is 0 Å². The Morgan fingerprint density at radius 1 is 1.58 bits per heavy atom. The maximum Gasteiger partial charge on any atom is 0.312 e. The number of piperidine rings is 1. The maximum absolute atomic E-state index is 10.1. The number of hydrogen-bond donors (Lipinski definition) is 0. The van der Waals surface area contributed by atoms with Crippen molar-refractivity contribution in [2.75, 3.05) is 13.1 Å². The van der Waals surface area contributed by atoms with E-state index >= 15 is 0 Å². The van der Waals surface area contributed by atoms with Gasteiger partial charge in [0.1, 0.15) is 4.39 Å². The van der Waals surface area contributed by atoms with Crippen molar-refractivity contribution in [3.05, 3.63) is 0 Å². The Bertz CT molecular complexity index is 180. The smallest absolute Gasteiger partial charge is 0.312 e. The molecule has 68 valence electrons. The van der Waals surface area contributed by atoms with Gasteiger partial charge in [0.2, 0.25) is 0 Å². The lowest BCUT2D eigenvalue weighted by Gasteiger charge is -2.23. The summed E-state index contributed by atoms with van der Waals surface area (Å²) in [5.74, 6) is 2.69. The summed E-state index contributed by atoms with van der Waals surface area (Å²) < 4.78 is 24.7. The second kappa shape index (κ2) is 4.65. The van der Waals surface area contributed by atoms with Gasteiger partial charge in [-0.2, -0.15) is 0 Å². The van der Waals surface area contributed by atoms with E-state index in [0.29, 0.717) is 13.1 Å². The van der Waals surface area contributed by atoms with Crippen LogP contribution in [-0.4, -0.2) is 18.2 Å². The van der Waals surface area contributed by atoms with Crippen molar-refractivity contribution in [1.82, 2.24) is 5.06 Å². The highest BCUT2D eigenvalue weighted by Crippen LogP contribution is 2.15. The number of nitrogens with zero attached hydrogens (tertiary/aromatic N) is 1. The number of rotatable bonds is 2. The second-order valence-electron chi connectivity index (χ2n) is 2.65. The average molecular weight is 192 g/mol. The monoisotopic (exact) mass is 191 g/mol. The summed E-state index contributed by atoms with van der Waals surface area (Å²) in [6, 6.07) is 0. The van der Waals surface area contributed by atoms with E-state index in [0.717, 1.165) is 12.8 Å². The lowest BCUT2D eigenvalue weighted by molar-refractivity contribution is -1.64. The van der Waals surface area contributed by atoms with E-state index in [4.69, 9.17) is 6.42 Å². The van der Waals surface area contributed by atoms with Crippen molar-refractivity contribution in [2.24, 2.45) is 5.92 Å². The van der Waals surface area contributed by atoms with Gasteiger partial charge in [-0.3, -0.25) is 0 Å². The minimum Gasteiger partial charge on any atom is -0.319 e. The van der Waals surface area contributed by atoms with Crippen LogP contribution in [0.25, 0.3) is 0 Å². The van der Waals surface area contributed by atoms with Crippen molar-refractivity contribution in [3.8, 4) is 12.3 Å². The van der Waals surface area contributed by atoms with Gasteiger partial charge in [-0.15, -0.1) is 12.3 Å². The lowest BCUT2D eigenvalue weighted by atomic mass is 10.0. The summed E-state index contributed by atoms with van der Waals surface area (Å²) in [6.07, 6.45) is 7.02. The van der Waals surface area contributed by atoms with Crippen molar-refractivity contribution in [3.63, 3.8) is 0 Å². The molecule has 0 amide bonds. The molecule has 0 radical (unpaired) electrons. The van der Waals surface area contributed by atoms with Gasteiger partial charge < -0.3 is 9.32 Å². The van der Waals surface area contributed by atoms with Crippen LogP contribution in [0.1, 0.15) is 12.8 Å². The van der Waals surface area contributed by atoms with E-state index in [1.165, 1.54) is 5.06 Å². The summed E-state index contributed by atoms with van der Waals surface area (Å²) in [4.78, 5) is 0. The fourth-order valence-electron chi connectivity index (χ4n) is 1.22. The maximum atomic E-state index is 10.1. The molecule has 4 nitrogen and oxygen atoms in total. The first kappa shape index (κ1) is 9.78. The normalized spacial score (nSPS) is 25.7. The molecule has 1 unspecified atom stereocenters. The first-order valence-corrected chi connectivity index (χ1v) is 4.60. The molecule has 1 aliphatic rings. The van der Waals surface area contributed by atoms with Gasteiger partial charge >= 0.3 is 10.8 Å². The summed E-state index contributed by atoms with van der Waals surface area (Å²) in [6.45, 7) is 1.12. The average Bonchev–Trinajstić information content (AvgIpc) is 2.03. The van der Waals surface area contributed by atoms with Gasteiger partial charge in [-0.05, 0) is 12.8 Å². The van der Waals surface area contributed by atoms with E-state index in [2.05, 4.69) is 10.3 Å². The molecule has 0 aromatic rings. The van der Waals surface area contributed by atoms with Gasteiger partial charge in [0, 0.05) is 19.0 Å². The van der Waals surface area contributed by atoms with Crippen molar-refractivity contribution in [2.45, 2.75) is 12.8 Å². The third-order valence-electron chi connectivity index (χ3n) is 1.77. The predicted octanol–water partition coefficient (Wildman–Crippen LogP) is -1.65. The Morgan fingerprint density at radius 3 is 2.92 bits per heavy atom. The fraction of sp³-hybridized carbons (Fsp3) is 0.714. The molecule has 0 N–H and O–H groups in total. The van der Waals surface area contributed by atoms with Crippen LogP contribution in [0.4, 0.5) is 0 Å². The van der Waals surface area contributed by atoms with Crippen LogP contribution in [0.15, 0.2) is 0 Å². The number of hydroxylamine groups is 2. The zero-order chi connectivity index (χ0) is 8.97. The molecule has 0 aromatic carbocycles. The van der Waals surface area contributed by atoms with Crippen LogP contribution < -0.4 is 9.32 Å². The van der Waals surface area contributed by atoms with Gasteiger partial charge in [0.25, 0.3) is 0 Å². The Labute approximate surface area is 74.5 Å². The molecule has 0 spiro atoms. The fourth-order valence-corrected chi connectivity index (χ4v) is 1.51. The minimum atomic E-state index is -2.16. The molecule has 0 aromatic heterocycles. The van der Waals surface area contributed by atoms with Gasteiger partial charge in [0.05, 0.1) is 0 Å². The van der Waals surface area contributed by atoms with Crippen LogP contribution in [0.2, 0.25) is 0 Å². The largest absolute Gasteiger partial charge is 0.319 e. The number of halogens is 1. The third kappa shape index (κ3) is 2.97. The van der Waals surface area contributed by atoms with E-state index in [1.807, 2.05) is 0 Å². The van der Waals surface area contributed by atoms with Crippen LogP contribution >= 0.6 is 0 Å². The molecule has 1 fully saturated rings. The molecule has 0 aliphatic carbocycles. The van der Waals surface area contributed by atoms with Gasteiger partial charge in [-0.25, -0.2) is 0 Å². The van der Waals surface area contributed by atoms with Gasteiger partial charge in [0.15, 0.2) is 0 Å². The molecular formula is C7H10ClNO3. The summed E-state index contributed by atoms with van der Waals surface area (Å²) in [7, 11) is -2.16. The summed E-state index contributed by atoms with van der Waals surface area (Å²) >= 11 is 0. The van der Waals surface area contributed by atoms with Gasteiger partial charge in [-0.1, -0.05) is 5.06 Å². The van der Waals surface area contributed by atoms with Crippen LogP contribution in [-0.2, 0) is 4.39 Å². The molecule has 0 saturated carbocycles. The first-order valence-electron chi connectivity index (χ1n) is 3.67. The Morgan fingerprint density at radius 2 is 2.33 bits per heavy atom. The number of hydrogen-bond acceptors (Lipinski definition) is 4. The van der Waals surface area contributed by atoms with Crippen molar-refractivity contribution >= 4 is 0 Å². The standard InChI is InChI=1S/C7H10ClNO3/c1-2-7-4-3-5-9(6-7)12-8(10)11/h1,7H,3-6H2. The molecule has 5 heteroatoms. The molecule has 0 bridgehead atoms. The second-order valence-corrected chi connectivity index (χ2v) is 3.17. The summed E-state index contributed by atoms with van der Waals surface area (Å²) in [5.41, 5.74) is 0. The Balaban J connectivity index is 2.32. The Kier molecular flexibility index (Phi) is 3.79. The lowest BCUT2D eigenvalue weighted by Crippen LogP contribution is -2.44. The SMILES string of the molecule is C#CC1CCCN(O[Cl+2]([O-])[O-])C1. The highest BCUT2D eigenvalue weighted by molar-refractivity contribution is 4.95. The van der Waals surface area contributed by atoms with E-state index in [9.17, 15) is 9.32 Å². The zero-order valence-electron chi connectivity index (χ0n) is 6.53. The topological polar surface area (TPSA) is 58.6 Å². The zero-order valence-corrected chi connectivity index (χ0v) is 7.29. The van der Waals surface area contributed by atoms with E-state index < -0.39 is 10.8 Å². The summed E-state index contributed by atoms with van der Waals surface area (Å²) in [5, 5.41) is 1.37. The highest BCUT2D eigenvalue weighted by atomic mass is 35.6. The predicted molar refractivity (Wildman–Crippen MR) is 34.2 cm³/mol. The molecule has 12 heavy (non-hydrogen) atoms. The van der Waals surface area contributed by atoms with Crippen LogP contribution in [0.3, 0.4) is 0 Å². The molecule has 1 heterocycles. The molecule has 1 rings (SSSR count). The molecule has 1 atom stereocenters. The van der Waals surface area contributed by atoms with Crippen molar-refractivity contribution < 1.29 is 24.5 Å². The van der Waals surface area contributed by atoms with Crippen LogP contribution in [0, 0.1) is 29.0 Å². The molecular weight excluding hydrogens is 182 g/mol. The van der Waals surface area contributed by atoms with E-state index in [-0.39, 0.29) is 5.92 Å². The minimum absolute atomic E-state index is 0.107. The quantitative estimate of drug-likeness (QED) is 0.491. The molecule has 1 saturated heterocycles. The first-order chi connectivity index (χ1) is 5.72. The van der Waals surface area contributed by atoms with E-state index in [1.54, 1.807) is 0 Å². The third-order valence-corrected chi connectivity index (χ3v) is 2.08. The molecule has 1 aliphatic heterocycles.